The Morgan fingerprint density at radius 3 is 1.24 bits per heavy atom. The molecular weight excluding hydrogens is 508 g/mol. The van der Waals surface area contributed by atoms with E-state index in [-0.39, 0.29) is 5.92 Å². The normalized spacial score (nSPS) is 12.9. The number of rotatable bonds is 20. The lowest BCUT2D eigenvalue weighted by molar-refractivity contribution is 0.380. The van der Waals surface area contributed by atoms with Gasteiger partial charge in [-0.3, -0.25) is 8.97 Å². The average Bonchev–Trinajstić information content (AvgIpc) is 2.98. The first-order valence-corrected chi connectivity index (χ1v) is 17.1. The average molecular weight is 571 g/mol. The lowest BCUT2D eigenvalue weighted by Crippen LogP contribution is -2.41. The van der Waals surface area contributed by atoms with Crippen molar-refractivity contribution in [3.05, 3.63) is 95.6 Å². The molecule has 0 saturated heterocycles. The van der Waals surface area contributed by atoms with Gasteiger partial charge >= 0.3 is 0 Å². The molecule has 3 rings (SSSR count). The van der Waals surface area contributed by atoms with E-state index in [0.717, 1.165) is 8.97 Å². The van der Waals surface area contributed by atoms with E-state index in [1.165, 1.54) is 125 Å². The highest BCUT2D eigenvalue weighted by atomic mass is 15.3. The fourth-order valence-electron chi connectivity index (χ4n) is 6.24. The van der Waals surface area contributed by atoms with E-state index in [1.54, 1.807) is 0 Å². The van der Waals surface area contributed by atoms with E-state index in [2.05, 4.69) is 121 Å². The first-order valence-electron chi connectivity index (χ1n) is 17.1. The van der Waals surface area contributed by atoms with Gasteiger partial charge in [0.1, 0.15) is 11.4 Å². The lowest BCUT2D eigenvalue weighted by Gasteiger charge is -2.30. The molecule has 0 amide bonds. The topological polar surface area (TPSA) is 0 Å². The summed E-state index contributed by atoms with van der Waals surface area (Å²) in [6, 6.07) is 29.7. The fourth-order valence-corrected chi connectivity index (χ4v) is 6.24. The van der Waals surface area contributed by atoms with Gasteiger partial charge in [-0.25, -0.2) is 0 Å². The summed E-state index contributed by atoms with van der Waals surface area (Å²) < 4.78 is 1.78. The Hall–Kier alpha value is -2.42. The Labute approximate surface area is 260 Å². The van der Waals surface area contributed by atoms with Crippen LogP contribution in [0.2, 0.25) is 0 Å². The molecule has 2 heteroatoms. The van der Waals surface area contributed by atoms with Crippen molar-refractivity contribution in [2.75, 3.05) is 41.8 Å². The Morgan fingerprint density at radius 2 is 0.810 bits per heavy atom. The molecule has 2 nitrogen and oxygen atoms in total. The van der Waals surface area contributed by atoms with Crippen molar-refractivity contribution < 1.29 is 0 Å². The third-order valence-electron chi connectivity index (χ3n) is 9.13. The molecule has 42 heavy (non-hydrogen) atoms. The molecule has 3 aromatic carbocycles. The summed E-state index contributed by atoms with van der Waals surface area (Å²) in [7, 11) is 11.4. The Bertz CT molecular complexity index is 1110. The van der Waals surface area contributed by atoms with Crippen molar-refractivity contribution in [3.8, 4) is 0 Å². The van der Waals surface area contributed by atoms with Crippen LogP contribution in [-0.2, 0) is 0 Å². The van der Waals surface area contributed by atoms with Gasteiger partial charge in [0.25, 0.3) is 0 Å². The Morgan fingerprint density at radius 1 is 0.429 bits per heavy atom. The molecule has 0 heterocycles. The summed E-state index contributed by atoms with van der Waals surface area (Å²) in [5, 5.41) is 0. The molecule has 1 atom stereocenters. The molecule has 0 aliphatic heterocycles. The molecule has 0 aromatic heterocycles. The van der Waals surface area contributed by atoms with E-state index in [0.29, 0.717) is 0 Å². The van der Waals surface area contributed by atoms with Crippen molar-refractivity contribution in [1.29, 1.82) is 0 Å². The van der Waals surface area contributed by atoms with E-state index >= 15 is 0 Å². The monoisotopic (exact) mass is 570 g/mol. The maximum absolute atomic E-state index is 2.37. The third-order valence-corrected chi connectivity index (χ3v) is 9.13. The van der Waals surface area contributed by atoms with Gasteiger partial charge in [0.2, 0.25) is 0 Å². The van der Waals surface area contributed by atoms with Crippen LogP contribution in [0.5, 0.6) is 0 Å². The number of nitrogens with zero attached hydrogens (tertiary/aromatic N) is 2. The summed E-state index contributed by atoms with van der Waals surface area (Å²) in [4.78, 5) is 0. The minimum absolute atomic E-state index is 0.239. The molecule has 230 valence electrons. The summed E-state index contributed by atoms with van der Waals surface area (Å²) in [5.74, 6) is 0.239. The molecule has 0 radical (unpaired) electrons. The van der Waals surface area contributed by atoms with Crippen molar-refractivity contribution in [3.63, 3.8) is 0 Å². The van der Waals surface area contributed by atoms with Gasteiger partial charge in [0.15, 0.2) is 0 Å². The number of hydrogen-bond donors (Lipinski definition) is 0. The van der Waals surface area contributed by atoms with E-state index in [4.69, 9.17) is 0 Å². The first kappa shape index (κ1) is 34.1. The van der Waals surface area contributed by atoms with Crippen molar-refractivity contribution in [2.45, 2.75) is 103 Å². The highest BCUT2D eigenvalue weighted by Crippen LogP contribution is 2.34. The second-order valence-corrected chi connectivity index (χ2v) is 14.0. The smallest absolute Gasteiger partial charge is 0.132 e. The molecule has 0 bridgehead atoms. The number of benzene rings is 3. The zero-order chi connectivity index (χ0) is 30.3. The molecule has 0 aliphatic carbocycles. The molecule has 3 aromatic rings. The molecular formula is C40H62N2+2. The van der Waals surface area contributed by atoms with Crippen LogP contribution in [0.4, 0.5) is 11.4 Å². The third kappa shape index (κ3) is 11.3. The van der Waals surface area contributed by atoms with Crippen molar-refractivity contribution >= 4 is 11.4 Å². The van der Waals surface area contributed by atoms with Crippen LogP contribution in [0.3, 0.4) is 0 Å². The second kappa shape index (κ2) is 17.6. The fraction of sp³-hybridized carbons (Fsp3) is 0.550. The molecule has 0 N–H and O–H groups in total. The Balaban J connectivity index is 1.47. The van der Waals surface area contributed by atoms with Crippen LogP contribution in [-0.4, -0.2) is 41.8 Å². The van der Waals surface area contributed by atoms with Gasteiger partial charge in [-0.05, 0) is 53.8 Å². The number of hydrogen-bond acceptors (Lipinski definition) is 0. The van der Waals surface area contributed by atoms with E-state index in [9.17, 15) is 0 Å². The quantitative estimate of drug-likeness (QED) is 0.0720. The zero-order valence-corrected chi connectivity index (χ0v) is 28.1. The standard InChI is InChI=1S/C40H62N2/c1-7-8-9-10-11-12-13-14-15-16-17-18-19-23-34-42(5,6)39-32-28-37(29-33-39)40(35-24-21-20-22-25-35)36-26-30-38(31-27-36)41(2,3)4/h20-22,24-33,40H,7-19,23,34H2,1-6H3/q+2. The maximum atomic E-state index is 2.37. The predicted molar refractivity (Wildman–Crippen MR) is 189 cm³/mol. The first-order chi connectivity index (χ1) is 20.2. The molecule has 0 aliphatic rings. The van der Waals surface area contributed by atoms with Gasteiger partial charge < -0.3 is 0 Å². The van der Waals surface area contributed by atoms with Gasteiger partial charge in [-0.1, -0.05) is 139 Å². The minimum atomic E-state index is 0.239. The lowest BCUT2D eigenvalue weighted by atomic mass is 9.85. The van der Waals surface area contributed by atoms with E-state index in [1.807, 2.05) is 0 Å². The van der Waals surface area contributed by atoms with Gasteiger partial charge in [-0.15, -0.1) is 0 Å². The molecule has 0 spiro atoms. The van der Waals surface area contributed by atoms with Crippen LogP contribution >= 0.6 is 0 Å². The maximum Gasteiger partial charge on any atom is 0.132 e. The van der Waals surface area contributed by atoms with E-state index < -0.39 is 0 Å². The Kier molecular flexibility index (Phi) is 14.3. The van der Waals surface area contributed by atoms with Gasteiger partial charge in [0, 0.05) is 5.92 Å². The minimum Gasteiger partial charge on any atom is -0.298 e. The highest BCUT2D eigenvalue weighted by Gasteiger charge is 2.22. The van der Waals surface area contributed by atoms with Gasteiger partial charge in [0.05, 0.1) is 41.8 Å². The highest BCUT2D eigenvalue weighted by molar-refractivity contribution is 5.51. The SMILES string of the molecule is CCCCCCCCCCCCCCCC[N+](C)(C)c1ccc(C(c2ccccc2)c2ccc([N+](C)(C)C)cc2)cc1. The molecule has 1 unspecified atom stereocenters. The summed E-state index contributed by atoms with van der Waals surface area (Å²) in [6.45, 7) is 3.50. The summed E-state index contributed by atoms with van der Waals surface area (Å²) in [6.07, 6.45) is 19.8. The van der Waals surface area contributed by atoms with Crippen LogP contribution in [0.15, 0.2) is 78.9 Å². The van der Waals surface area contributed by atoms with Crippen LogP contribution < -0.4 is 8.97 Å². The molecule has 0 fully saturated rings. The van der Waals surface area contributed by atoms with Crippen molar-refractivity contribution in [1.82, 2.24) is 8.97 Å². The van der Waals surface area contributed by atoms with Crippen LogP contribution in [0, 0.1) is 0 Å². The summed E-state index contributed by atoms with van der Waals surface area (Å²) >= 11 is 0. The van der Waals surface area contributed by atoms with Crippen LogP contribution in [0.1, 0.15) is 119 Å². The van der Waals surface area contributed by atoms with Crippen LogP contribution in [0.25, 0.3) is 0 Å². The largest absolute Gasteiger partial charge is 0.298 e. The van der Waals surface area contributed by atoms with Crippen molar-refractivity contribution in [2.24, 2.45) is 0 Å². The predicted octanol–water partition coefficient (Wildman–Crippen LogP) is 11.1. The zero-order valence-electron chi connectivity index (χ0n) is 28.1. The van der Waals surface area contributed by atoms with Gasteiger partial charge in [-0.2, -0.15) is 0 Å². The molecule has 0 saturated carbocycles. The summed E-state index contributed by atoms with van der Waals surface area (Å²) in [5.41, 5.74) is 6.78. The number of quaternary nitrogens is 2. The number of unbranched alkanes of at least 4 members (excludes halogenated alkanes) is 13. The second-order valence-electron chi connectivity index (χ2n) is 14.0.